The van der Waals surface area contributed by atoms with Crippen molar-refractivity contribution in [2.75, 3.05) is 12.4 Å². The summed E-state index contributed by atoms with van der Waals surface area (Å²) in [5.41, 5.74) is 2.29. The van der Waals surface area contributed by atoms with Crippen molar-refractivity contribution in [1.82, 2.24) is 5.16 Å². The van der Waals surface area contributed by atoms with Crippen molar-refractivity contribution in [3.05, 3.63) is 70.1 Å². The summed E-state index contributed by atoms with van der Waals surface area (Å²) in [6, 6.07) is 12.5. The average Bonchev–Trinajstić information content (AvgIpc) is 3.01. The molecule has 0 atom stereocenters. The van der Waals surface area contributed by atoms with Crippen molar-refractivity contribution >= 4 is 23.2 Å². The van der Waals surface area contributed by atoms with E-state index in [0.717, 1.165) is 5.56 Å². The highest BCUT2D eigenvalue weighted by molar-refractivity contribution is 6.30. The number of anilines is 1. The van der Waals surface area contributed by atoms with Crippen LogP contribution in [-0.4, -0.2) is 18.2 Å². The molecule has 0 saturated carbocycles. The van der Waals surface area contributed by atoms with Crippen molar-refractivity contribution in [3.8, 4) is 11.5 Å². The Kier molecular flexibility index (Phi) is 5.66. The van der Waals surface area contributed by atoms with E-state index in [2.05, 4.69) is 10.5 Å². The molecule has 0 aliphatic heterocycles. The molecule has 140 valence electrons. The van der Waals surface area contributed by atoms with Crippen LogP contribution in [0.15, 0.2) is 47.0 Å². The number of aryl methyl sites for hydroxylation is 2. The molecule has 1 amide bonds. The number of methoxy groups -OCH3 is 1. The maximum absolute atomic E-state index is 12.7. The van der Waals surface area contributed by atoms with Crippen molar-refractivity contribution in [1.29, 1.82) is 0 Å². The third-order valence-electron chi connectivity index (χ3n) is 3.98. The number of halogens is 1. The standard InChI is InChI=1S/C20H19ClN2O4/c1-12-7-8-18(25-3)17(9-12)22-20(24)19-16(13(2)27-23-19)11-26-15-6-4-5-14(21)10-15/h4-10H,11H2,1-3H3,(H,22,24). The normalized spacial score (nSPS) is 10.5. The first-order valence-electron chi connectivity index (χ1n) is 8.27. The number of hydrogen-bond donors (Lipinski definition) is 1. The molecule has 7 heteroatoms. The van der Waals surface area contributed by atoms with E-state index in [0.29, 0.717) is 33.5 Å². The molecule has 27 heavy (non-hydrogen) atoms. The lowest BCUT2D eigenvalue weighted by Crippen LogP contribution is -2.16. The molecule has 3 rings (SSSR count). The number of nitrogens with one attached hydrogen (secondary N) is 1. The monoisotopic (exact) mass is 386 g/mol. The van der Waals surface area contributed by atoms with Crippen LogP contribution in [0, 0.1) is 13.8 Å². The predicted molar refractivity (Wildman–Crippen MR) is 103 cm³/mol. The molecule has 1 aromatic heterocycles. The van der Waals surface area contributed by atoms with Gasteiger partial charge < -0.3 is 19.3 Å². The second-order valence-corrected chi connectivity index (χ2v) is 6.41. The van der Waals surface area contributed by atoms with Crippen LogP contribution in [0.3, 0.4) is 0 Å². The number of nitrogens with zero attached hydrogens (tertiary/aromatic N) is 1. The van der Waals surface area contributed by atoms with Crippen LogP contribution in [0.1, 0.15) is 27.4 Å². The van der Waals surface area contributed by atoms with Crippen LogP contribution >= 0.6 is 11.6 Å². The largest absolute Gasteiger partial charge is 0.495 e. The number of hydrogen-bond acceptors (Lipinski definition) is 5. The van der Waals surface area contributed by atoms with Gasteiger partial charge in [-0.25, -0.2) is 0 Å². The van der Waals surface area contributed by atoms with Crippen LogP contribution in [0.25, 0.3) is 0 Å². The number of ether oxygens (including phenoxy) is 2. The molecule has 0 unspecified atom stereocenters. The first kappa shape index (κ1) is 18.8. The Hall–Kier alpha value is -2.99. The molecule has 0 aliphatic rings. The molecule has 0 bridgehead atoms. The molecule has 0 spiro atoms. The first-order valence-corrected chi connectivity index (χ1v) is 8.65. The Morgan fingerprint density at radius 2 is 2.04 bits per heavy atom. The molecule has 3 aromatic rings. The average molecular weight is 387 g/mol. The zero-order valence-corrected chi connectivity index (χ0v) is 16.0. The number of carbonyl (C=O) groups excluding carboxylic acids is 1. The van der Waals surface area contributed by atoms with E-state index >= 15 is 0 Å². The smallest absolute Gasteiger partial charge is 0.278 e. The van der Waals surface area contributed by atoms with Gasteiger partial charge in [-0.1, -0.05) is 28.9 Å². The van der Waals surface area contributed by atoms with Gasteiger partial charge in [-0.15, -0.1) is 0 Å². The van der Waals surface area contributed by atoms with Crippen molar-refractivity contribution in [2.24, 2.45) is 0 Å². The summed E-state index contributed by atoms with van der Waals surface area (Å²) in [4.78, 5) is 12.7. The zero-order valence-electron chi connectivity index (χ0n) is 15.2. The quantitative estimate of drug-likeness (QED) is 0.659. The van der Waals surface area contributed by atoms with E-state index in [1.54, 1.807) is 44.4 Å². The maximum Gasteiger partial charge on any atom is 0.278 e. The van der Waals surface area contributed by atoms with E-state index < -0.39 is 5.91 Å². The van der Waals surface area contributed by atoms with Gasteiger partial charge in [0.15, 0.2) is 5.69 Å². The Balaban J connectivity index is 1.79. The van der Waals surface area contributed by atoms with Crippen molar-refractivity contribution in [3.63, 3.8) is 0 Å². The fraction of sp³-hybridized carbons (Fsp3) is 0.200. The van der Waals surface area contributed by atoms with Crippen LogP contribution in [0.5, 0.6) is 11.5 Å². The summed E-state index contributed by atoms with van der Waals surface area (Å²) in [5.74, 6) is 1.26. The Morgan fingerprint density at radius 3 is 2.78 bits per heavy atom. The fourth-order valence-corrected chi connectivity index (χ4v) is 2.73. The molecular weight excluding hydrogens is 368 g/mol. The summed E-state index contributed by atoms with van der Waals surface area (Å²) in [7, 11) is 1.55. The van der Waals surface area contributed by atoms with Gasteiger partial charge in [-0.05, 0) is 49.7 Å². The molecular formula is C20H19ClN2O4. The number of rotatable bonds is 6. The Labute approximate surface area is 162 Å². The summed E-state index contributed by atoms with van der Waals surface area (Å²) in [5, 5.41) is 7.27. The molecule has 0 radical (unpaired) electrons. The lowest BCUT2D eigenvalue weighted by atomic mass is 10.1. The second-order valence-electron chi connectivity index (χ2n) is 5.97. The predicted octanol–water partition coefficient (Wildman–Crippen LogP) is 4.78. The van der Waals surface area contributed by atoms with Crippen molar-refractivity contribution in [2.45, 2.75) is 20.5 Å². The van der Waals surface area contributed by atoms with E-state index in [9.17, 15) is 4.79 Å². The highest BCUT2D eigenvalue weighted by Crippen LogP contribution is 2.27. The van der Waals surface area contributed by atoms with Gasteiger partial charge in [0.05, 0.1) is 18.4 Å². The third kappa shape index (κ3) is 4.41. The van der Waals surface area contributed by atoms with Gasteiger partial charge in [-0.2, -0.15) is 0 Å². The SMILES string of the molecule is COc1ccc(C)cc1NC(=O)c1noc(C)c1COc1cccc(Cl)c1. The highest BCUT2D eigenvalue weighted by atomic mass is 35.5. The number of amides is 1. The summed E-state index contributed by atoms with van der Waals surface area (Å²) >= 11 is 5.96. The Morgan fingerprint density at radius 1 is 1.22 bits per heavy atom. The number of aromatic nitrogens is 1. The van der Waals surface area contributed by atoms with Gasteiger partial charge in [0, 0.05) is 5.02 Å². The minimum absolute atomic E-state index is 0.128. The minimum Gasteiger partial charge on any atom is -0.495 e. The molecule has 1 N–H and O–H groups in total. The molecule has 6 nitrogen and oxygen atoms in total. The van der Waals surface area contributed by atoms with E-state index in [1.807, 2.05) is 19.1 Å². The number of benzene rings is 2. The van der Waals surface area contributed by atoms with Gasteiger partial charge in [0.2, 0.25) is 0 Å². The lowest BCUT2D eigenvalue weighted by molar-refractivity contribution is 0.101. The maximum atomic E-state index is 12.7. The minimum atomic E-state index is -0.402. The van der Waals surface area contributed by atoms with Gasteiger partial charge >= 0.3 is 0 Å². The van der Waals surface area contributed by atoms with Gasteiger partial charge in [0.1, 0.15) is 23.9 Å². The first-order chi connectivity index (χ1) is 13.0. The summed E-state index contributed by atoms with van der Waals surface area (Å²) in [6.07, 6.45) is 0. The summed E-state index contributed by atoms with van der Waals surface area (Å²) < 4.78 is 16.2. The van der Waals surface area contributed by atoms with Crippen molar-refractivity contribution < 1.29 is 18.8 Å². The Bertz CT molecular complexity index is 968. The summed E-state index contributed by atoms with van der Waals surface area (Å²) in [6.45, 7) is 3.79. The van der Waals surface area contributed by atoms with Crippen LogP contribution < -0.4 is 14.8 Å². The third-order valence-corrected chi connectivity index (χ3v) is 4.22. The highest BCUT2D eigenvalue weighted by Gasteiger charge is 2.21. The molecule has 2 aromatic carbocycles. The fourth-order valence-electron chi connectivity index (χ4n) is 2.55. The van der Waals surface area contributed by atoms with E-state index in [4.69, 9.17) is 25.6 Å². The molecule has 0 saturated heterocycles. The lowest BCUT2D eigenvalue weighted by Gasteiger charge is -2.11. The van der Waals surface area contributed by atoms with E-state index in [1.165, 1.54) is 0 Å². The second kappa shape index (κ2) is 8.14. The molecule has 0 fully saturated rings. The van der Waals surface area contributed by atoms with Gasteiger partial charge in [0.25, 0.3) is 5.91 Å². The topological polar surface area (TPSA) is 73.6 Å². The van der Waals surface area contributed by atoms with Crippen LogP contribution in [-0.2, 0) is 6.61 Å². The van der Waals surface area contributed by atoms with Crippen LogP contribution in [0.4, 0.5) is 5.69 Å². The zero-order chi connectivity index (χ0) is 19.4. The van der Waals surface area contributed by atoms with Crippen LogP contribution in [0.2, 0.25) is 5.02 Å². The number of carbonyl (C=O) groups is 1. The molecule has 1 heterocycles. The van der Waals surface area contributed by atoms with E-state index in [-0.39, 0.29) is 12.3 Å². The molecule has 0 aliphatic carbocycles. The van der Waals surface area contributed by atoms with Gasteiger partial charge in [-0.3, -0.25) is 4.79 Å².